The van der Waals surface area contributed by atoms with E-state index in [1.165, 1.54) is 6.42 Å². The highest BCUT2D eigenvalue weighted by atomic mass is 16.3. The molecule has 0 atom stereocenters. The van der Waals surface area contributed by atoms with E-state index >= 15 is 0 Å². The fourth-order valence-corrected chi connectivity index (χ4v) is 2.62. The fourth-order valence-electron chi connectivity index (χ4n) is 2.62. The van der Waals surface area contributed by atoms with E-state index in [0.717, 1.165) is 42.6 Å². The summed E-state index contributed by atoms with van der Waals surface area (Å²) in [5.74, 6) is 0.879. The third-order valence-corrected chi connectivity index (χ3v) is 3.62. The highest BCUT2D eigenvalue weighted by Gasteiger charge is 2.17. The molecule has 100 valence electrons. The number of hydrogen-bond donors (Lipinski definition) is 0. The van der Waals surface area contributed by atoms with Gasteiger partial charge in [-0.25, -0.2) is 4.98 Å². The summed E-state index contributed by atoms with van der Waals surface area (Å²) < 4.78 is 5.50. The lowest BCUT2D eigenvalue weighted by Gasteiger charge is -2.26. The Labute approximate surface area is 112 Å². The van der Waals surface area contributed by atoms with Crippen LogP contribution in [0.2, 0.25) is 0 Å². The van der Waals surface area contributed by atoms with Crippen molar-refractivity contribution in [2.45, 2.75) is 32.6 Å². The molecule has 1 fully saturated rings. The molecule has 1 aromatic heterocycles. The number of nitrogens with zero attached hydrogens (tertiary/aromatic N) is 2. The van der Waals surface area contributed by atoms with Crippen LogP contribution < -0.4 is 0 Å². The van der Waals surface area contributed by atoms with Gasteiger partial charge in [0.1, 0.15) is 5.52 Å². The second-order valence-corrected chi connectivity index (χ2v) is 5.15. The Morgan fingerprint density at radius 3 is 2.89 bits per heavy atom. The van der Waals surface area contributed by atoms with E-state index in [0.29, 0.717) is 12.3 Å². The van der Waals surface area contributed by atoms with Crippen LogP contribution in [0, 0.1) is 6.92 Å². The van der Waals surface area contributed by atoms with Crippen LogP contribution in [0.1, 0.15) is 30.7 Å². The maximum atomic E-state index is 12.2. The summed E-state index contributed by atoms with van der Waals surface area (Å²) in [6.07, 6.45) is 3.96. The monoisotopic (exact) mass is 258 g/mol. The van der Waals surface area contributed by atoms with E-state index in [2.05, 4.69) is 4.98 Å². The summed E-state index contributed by atoms with van der Waals surface area (Å²) >= 11 is 0. The summed E-state index contributed by atoms with van der Waals surface area (Å²) in [4.78, 5) is 18.4. The molecule has 2 aromatic rings. The number of fused-ring (bicyclic) bond motifs is 1. The lowest BCUT2D eigenvalue weighted by atomic mass is 10.1. The number of amides is 1. The van der Waals surface area contributed by atoms with Crippen molar-refractivity contribution < 1.29 is 9.21 Å². The third kappa shape index (κ3) is 2.62. The van der Waals surface area contributed by atoms with Crippen LogP contribution in [-0.2, 0) is 11.2 Å². The highest BCUT2D eigenvalue weighted by Crippen LogP contribution is 2.18. The summed E-state index contributed by atoms with van der Waals surface area (Å²) in [7, 11) is 0. The van der Waals surface area contributed by atoms with Gasteiger partial charge in [-0.2, -0.15) is 0 Å². The zero-order valence-corrected chi connectivity index (χ0v) is 11.2. The molecule has 1 amide bonds. The Balaban J connectivity index is 1.74. The van der Waals surface area contributed by atoms with Gasteiger partial charge in [-0.05, 0) is 37.0 Å². The Morgan fingerprint density at radius 2 is 2.11 bits per heavy atom. The van der Waals surface area contributed by atoms with Crippen molar-refractivity contribution in [3.63, 3.8) is 0 Å². The standard InChI is InChI=1S/C15H18N2O2/c1-11-16-13-6-5-12(9-14(13)19-11)10-15(18)17-7-3-2-4-8-17/h5-6,9H,2-4,7-8,10H2,1H3. The van der Waals surface area contributed by atoms with Crippen LogP contribution in [0.3, 0.4) is 0 Å². The first-order chi connectivity index (χ1) is 9.22. The first-order valence-corrected chi connectivity index (χ1v) is 6.86. The highest BCUT2D eigenvalue weighted by molar-refractivity contribution is 5.81. The topological polar surface area (TPSA) is 46.3 Å². The molecule has 0 bridgehead atoms. The second-order valence-electron chi connectivity index (χ2n) is 5.15. The zero-order chi connectivity index (χ0) is 13.2. The van der Waals surface area contributed by atoms with Gasteiger partial charge in [0.05, 0.1) is 6.42 Å². The Kier molecular flexibility index (Phi) is 3.23. The number of benzene rings is 1. The molecule has 0 N–H and O–H groups in total. The van der Waals surface area contributed by atoms with Crippen LogP contribution in [0.5, 0.6) is 0 Å². The van der Waals surface area contributed by atoms with E-state index in [9.17, 15) is 4.79 Å². The van der Waals surface area contributed by atoms with Gasteiger partial charge in [0.15, 0.2) is 11.5 Å². The number of piperidine rings is 1. The molecule has 0 aliphatic carbocycles. The molecule has 1 aliphatic heterocycles. The van der Waals surface area contributed by atoms with Crippen molar-refractivity contribution in [3.8, 4) is 0 Å². The molecule has 0 saturated carbocycles. The second kappa shape index (κ2) is 5.03. The number of aromatic nitrogens is 1. The number of rotatable bonds is 2. The van der Waals surface area contributed by atoms with Crippen LogP contribution in [0.4, 0.5) is 0 Å². The quantitative estimate of drug-likeness (QED) is 0.832. The van der Waals surface area contributed by atoms with E-state index < -0.39 is 0 Å². The van der Waals surface area contributed by atoms with Crippen molar-refractivity contribution in [3.05, 3.63) is 29.7 Å². The summed E-state index contributed by atoms with van der Waals surface area (Å²) in [5, 5.41) is 0. The van der Waals surface area contributed by atoms with Crippen molar-refractivity contribution in [2.24, 2.45) is 0 Å². The molecule has 1 aliphatic rings. The van der Waals surface area contributed by atoms with E-state index in [4.69, 9.17) is 4.42 Å². The minimum Gasteiger partial charge on any atom is -0.441 e. The van der Waals surface area contributed by atoms with Crippen molar-refractivity contribution in [2.75, 3.05) is 13.1 Å². The van der Waals surface area contributed by atoms with Crippen LogP contribution in [0.15, 0.2) is 22.6 Å². The number of aryl methyl sites for hydroxylation is 1. The molecule has 0 unspecified atom stereocenters. The average Bonchev–Trinajstić information content (AvgIpc) is 2.79. The molecular weight excluding hydrogens is 240 g/mol. The van der Waals surface area contributed by atoms with Crippen LogP contribution in [-0.4, -0.2) is 28.9 Å². The summed E-state index contributed by atoms with van der Waals surface area (Å²) in [6, 6.07) is 5.81. The molecule has 0 radical (unpaired) electrons. The van der Waals surface area contributed by atoms with Gasteiger partial charge in [-0.1, -0.05) is 6.07 Å². The molecule has 2 heterocycles. The van der Waals surface area contributed by atoms with E-state index in [-0.39, 0.29) is 5.91 Å². The van der Waals surface area contributed by atoms with Crippen molar-refractivity contribution >= 4 is 17.0 Å². The van der Waals surface area contributed by atoms with Gasteiger partial charge in [0, 0.05) is 20.0 Å². The maximum Gasteiger partial charge on any atom is 0.226 e. The Morgan fingerprint density at radius 1 is 1.32 bits per heavy atom. The summed E-state index contributed by atoms with van der Waals surface area (Å²) in [6.45, 7) is 3.64. The first kappa shape index (κ1) is 12.2. The lowest BCUT2D eigenvalue weighted by Crippen LogP contribution is -2.36. The largest absolute Gasteiger partial charge is 0.441 e. The van der Waals surface area contributed by atoms with E-state index in [1.54, 1.807) is 0 Å². The predicted octanol–water partition coefficient (Wildman–Crippen LogP) is 2.69. The van der Waals surface area contributed by atoms with Gasteiger partial charge in [-0.15, -0.1) is 0 Å². The molecule has 19 heavy (non-hydrogen) atoms. The molecule has 1 aromatic carbocycles. The van der Waals surface area contributed by atoms with Crippen LogP contribution >= 0.6 is 0 Å². The number of carbonyl (C=O) groups excluding carboxylic acids is 1. The zero-order valence-electron chi connectivity index (χ0n) is 11.2. The van der Waals surface area contributed by atoms with Crippen LogP contribution in [0.25, 0.3) is 11.1 Å². The van der Waals surface area contributed by atoms with Crippen molar-refractivity contribution in [1.82, 2.24) is 9.88 Å². The minimum atomic E-state index is 0.218. The number of likely N-dealkylation sites (tertiary alicyclic amines) is 1. The Bertz CT molecular complexity index is 597. The molecule has 4 heteroatoms. The number of oxazole rings is 1. The van der Waals surface area contributed by atoms with Crippen molar-refractivity contribution in [1.29, 1.82) is 0 Å². The minimum absolute atomic E-state index is 0.218. The van der Waals surface area contributed by atoms with Gasteiger partial charge >= 0.3 is 0 Å². The van der Waals surface area contributed by atoms with E-state index in [1.807, 2.05) is 30.0 Å². The molecular formula is C15H18N2O2. The van der Waals surface area contributed by atoms with Gasteiger partial charge in [0.25, 0.3) is 0 Å². The number of hydrogen-bond acceptors (Lipinski definition) is 3. The van der Waals surface area contributed by atoms with Gasteiger partial charge < -0.3 is 9.32 Å². The smallest absolute Gasteiger partial charge is 0.226 e. The molecule has 3 rings (SSSR count). The SMILES string of the molecule is Cc1nc2ccc(CC(=O)N3CCCCC3)cc2o1. The fraction of sp³-hybridized carbons (Fsp3) is 0.467. The average molecular weight is 258 g/mol. The maximum absolute atomic E-state index is 12.2. The molecule has 0 spiro atoms. The molecule has 1 saturated heterocycles. The molecule has 4 nitrogen and oxygen atoms in total. The van der Waals surface area contributed by atoms with Gasteiger partial charge in [0.2, 0.25) is 5.91 Å². The lowest BCUT2D eigenvalue weighted by molar-refractivity contribution is -0.131. The first-order valence-electron chi connectivity index (χ1n) is 6.86. The third-order valence-electron chi connectivity index (χ3n) is 3.62. The summed E-state index contributed by atoms with van der Waals surface area (Å²) in [5.41, 5.74) is 2.62. The van der Waals surface area contributed by atoms with Gasteiger partial charge in [-0.3, -0.25) is 4.79 Å². The predicted molar refractivity (Wildman–Crippen MR) is 72.9 cm³/mol. The normalized spacial score (nSPS) is 15.9. The Hall–Kier alpha value is -1.84. The number of carbonyl (C=O) groups is 1.